The highest BCUT2D eigenvalue weighted by atomic mass is 32.2. The van der Waals surface area contributed by atoms with Crippen molar-refractivity contribution in [2.75, 3.05) is 31.9 Å². The van der Waals surface area contributed by atoms with Gasteiger partial charge in [0.05, 0.1) is 11.3 Å². The summed E-state index contributed by atoms with van der Waals surface area (Å²) in [4.78, 5) is 32.5. The number of rotatable bonds is 9. The SMILES string of the molecule is O=C(CSc1nc2ccsc2c(=O)n1CCN1CCCC1)NCCC1=CCCCC1. The molecule has 1 fully saturated rings. The number of aromatic nitrogens is 2. The molecule has 2 aliphatic rings. The first-order valence-corrected chi connectivity index (χ1v) is 12.8. The Bertz CT molecular complexity index is 960. The van der Waals surface area contributed by atoms with Crippen molar-refractivity contribution in [3.05, 3.63) is 33.4 Å². The van der Waals surface area contributed by atoms with Crippen LogP contribution in [0.25, 0.3) is 10.2 Å². The van der Waals surface area contributed by atoms with E-state index in [-0.39, 0.29) is 17.2 Å². The molecular weight excluding hydrogens is 416 g/mol. The Kier molecular flexibility index (Phi) is 7.62. The summed E-state index contributed by atoms with van der Waals surface area (Å²) in [5.41, 5.74) is 2.21. The van der Waals surface area contributed by atoms with Crippen LogP contribution in [0.2, 0.25) is 0 Å². The van der Waals surface area contributed by atoms with Crippen molar-refractivity contribution in [1.29, 1.82) is 0 Å². The van der Waals surface area contributed by atoms with Gasteiger partial charge in [0, 0.05) is 19.6 Å². The number of hydrogen-bond acceptors (Lipinski definition) is 6. The highest BCUT2D eigenvalue weighted by Gasteiger charge is 2.17. The quantitative estimate of drug-likeness (QED) is 0.362. The molecule has 1 amide bonds. The van der Waals surface area contributed by atoms with Crippen molar-refractivity contribution in [2.45, 2.75) is 56.6 Å². The second-order valence-corrected chi connectivity index (χ2v) is 9.89. The summed E-state index contributed by atoms with van der Waals surface area (Å²) < 4.78 is 2.47. The maximum absolute atomic E-state index is 13.0. The Balaban J connectivity index is 1.36. The Hall–Kier alpha value is -1.64. The topological polar surface area (TPSA) is 67.2 Å². The normalized spacial score (nSPS) is 17.4. The molecule has 6 nitrogen and oxygen atoms in total. The fourth-order valence-electron chi connectivity index (χ4n) is 4.15. The van der Waals surface area contributed by atoms with E-state index < -0.39 is 0 Å². The number of nitrogens with zero attached hydrogens (tertiary/aromatic N) is 3. The van der Waals surface area contributed by atoms with E-state index in [0.29, 0.717) is 22.9 Å². The van der Waals surface area contributed by atoms with Gasteiger partial charge in [0.25, 0.3) is 5.56 Å². The summed E-state index contributed by atoms with van der Waals surface area (Å²) in [5.74, 6) is 0.285. The first kappa shape index (κ1) is 21.6. The van der Waals surface area contributed by atoms with Crippen LogP contribution in [0.1, 0.15) is 44.9 Å². The number of hydrogen-bond donors (Lipinski definition) is 1. The molecule has 2 aromatic rings. The van der Waals surface area contributed by atoms with Gasteiger partial charge in [0.2, 0.25) is 5.91 Å². The Morgan fingerprint density at radius 2 is 2.07 bits per heavy atom. The molecule has 0 saturated carbocycles. The van der Waals surface area contributed by atoms with Crippen molar-refractivity contribution in [1.82, 2.24) is 19.8 Å². The van der Waals surface area contributed by atoms with E-state index in [9.17, 15) is 9.59 Å². The fraction of sp³-hybridized carbons (Fsp3) is 0.591. The lowest BCUT2D eigenvalue weighted by molar-refractivity contribution is -0.118. The monoisotopic (exact) mass is 446 g/mol. The number of allylic oxidation sites excluding steroid dienone is 1. The van der Waals surface area contributed by atoms with E-state index in [4.69, 9.17) is 4.98 Å². The summed E-state index contributed by atoms with van der Waals surface area (Å²) >= 11 is 2.81. The van der Waals surface area contributed by atoms with Gasteiger partial charge in [-0.1, -0.05) is 23.4 Å². The first-order valence-electron chi connectivity index (χ1n) is 11.0. The molecule has 1 N–H and O–H groups in total. The highest BCUT2D eigenvalue weighted by molar-refractivity contribution is 7.99. The number of nitrogens with one attached hydrogen (secondary N) is 1. The maximum atomic E-state index is 13.0. The average Bonchev–Trinajstić information content (AvgIpc) is 3.44. The molecule has 1 aliphatic heterocycles. The fourth-order valence-corrected chi connectivity index (χ4v) is 5.79. The van der Waals surface area contributed by atoms with Gasteiger partial charge < -0.3 is 10.2 Å². The molecule has 4 rings (SSSR count). The van der Waals surface area contributed by atoms with Gasteiger partial charge in [0.15, 0.2) is 5.16 Å². The van der Waals surface area contributed by atoms with E-state index in [1.165, 1.54) is 67.2 Å². The minimum absolute atomic E-state index is 0.00201. The number of fused-ring (bicyclic) bond motifs is 1. The Labute approximate surface area is 185 Å². The van der Waals surface area contributed by atoms with Gasteiger partial charge in [-0.2, -0.15) is 0 Å². The molecule has 0 atom stereocenters. The largest absolute Gasteiger partial charge is 0.355 e. The van der Waals surface area contributed by atoms with Gasteiger partial charge in [-0.3, -0.25) is 14.2 Å². The smallest absolute Gasteiger partial charge is 0.272 e. The molecular formula is C22H30N4O2S2. The van der Waals surface area contributed by atoms with Gasteiger partial charge >= 0.3 is 0 Å². The Morgan fingerprint density at radius 3 is 2.87 bits per heavy atom. The summed E-state index contributed by atoms with van der Waals surface area (Å²) in [6, 6.07) is 1.88. The van der Waals surface area contributed by atoms with Gasteiger partial charge in [0.1, 0.15) is 4.70 Å². The lowest BCUT2D eigenvalue weighted by Crippen LogP contribution is -2.31. The molecule has 0 radical (unpaired) electrons. The molecule has 30 heavy (non-hydrogen) atoms. The maximum Gasteiger partial charge on any atom is 0.272 e. The number of carbonyl (C=O) groups is 1. The zero-order valence-electron chi connectivity index (χ0n) is 17.4. The third-order valence-electron chi connectivity index (χ3n) is 5.86. The van der Waals surface area contributed by atoms with Gasteiger partial charge in [-0.25, -0.2) is 4.98 Å². The highest BCUT2D eigenvalue weighted by Crippen LogP contribution is 2.22. The second kappa shape index (κ2) is 10.6. The number of amides is 1. The predicted octanol–water partition coefficient (Wildman–Crippen LogP) is 3.65. The lowest BCUT2D eigenvalue weighted by atomic mass is 9.97. The van der Waals surface area contributed by atoms with Gasteiger partial charge in [-0.05, 0) is 69.5 Å². The molecule has 0 spiro atoms. The number of thiophene rings is 1. The number of likely N-dealkylation sites (tertiary alicyclic amines) is 1. The third kappa shape index (κ3) is 5.53. The van der Waals surface area contributed by atoms with E-state index in [2.05, 4.69) is 16.3 Å². The van der Waals surface area contributed by atoms with E-state index in [1.807, 2.05) is 11.4 Å². The standard InChI is InChI=1S/C22H30N4O2S2/c27-19(23-10-8-17-6-2-1-3-7-17)16-30-22-24-18-9-15-29-20(18)21(28)26(22)14-13-25-11-4-5-12-25/h6,9,15H,1-5,7-8,10-14,16H2,(H,23,27). The van der Waals surface area contributed by atoms with Crippen molar-refractivity contribution in [3.8, 4) is 0 Å². The molecule has 0 unspecified atom stereocenters. The molecule has 0 bridgehead atoms. The molecule has 3 heterocycles. The molecule has 0 aromatic carbocycles. The van der Waals surface area contributed by atoms with E-state index in [0.717, 1.165) is 31.6 Å². The van der Waals surface area contributed by atoms with Gasteiger partial charge in [-0.15, -0.1) is 11.3 Å². The zero-order chi connectivity index (χ0) is 20.8. The van der Waals surface area contributed by atoms with Crippen LogP contribution >= 0.6 is 23.1 Å². The van der Waals surface area contributed by atoms with Crippen LogP contribution in [0.4, 0.5) is 0 Å². The van der Waals surface area contributed by atoms with Crippen molar-refractivity contribution >= 4 is 39.2 Å². The predicted molar refractivity (Wildman–Crippen MR) is 124 cm³/mol. The first-order chi connectivity index (χ1) is 14.7. The molecule has 1 saturated heterocycles. The summed E-state index contributed by atoms with van der Waals surface area (Å²) in [7, 11) is 0. The van der Waals surface area contributed by atoms with Crippen LogP contribution in [0.5, 0.6) is 0 Å². The number of carbonyl (C=O) groups excluding carboxylic acids is 1. The minimum atomic E-state index is 0.00201. The van der Waals surface area contributed by atoms with Crippen LogP contribution in [0.15, 0.2) is 33.0 Å². The second-order valence-electron chi connectivity index (χ2n) is 8.03. The van der Waals surface area contributed by atoms with Crippen molar-refractivity contribution in [2.24, 2.45) is 0 Å². The summed E-state index contributed by atoms with van der Waals surface area (Å²) in [6.45, 7) is 4.37. The number of thioether (sulfide) groups is 1. The average molecular weight is 447 g/mol. The van der Waals surface area contributed by atoms with Crippen molar-refractivity contribution in [3.63, 3.8) is 0 Å². The van der Waals surface area contributed by atoms with Crippen molar-refractivity contribution < 1.29 is 4.79 Å². The Morgan fingerprint density at radius 1 is 1.20 bits per heavy atom. The van der Waals surface area contributed by atoms with Crippen LogP contribution < -0.4 is 10.9 Å². The molecule has 2 aromatic heterocycles. The van der Waals surface area contributed by atoms with Crippen LogP contribution in [0.3, 0.4) is 0 Å². The summed E-state index contributed by atoms with van der Waals surface area (Å²) in [5, 5.41) is 5.58. The third-order valence-corrected chi connectivity index (χ3v) is 7.72. The van der Waals surface area contributed by atoms with E-state index in [1.54, 1.807) is 4.57 Å². The van der Waals surface area contributed by atoms with Crippen LogP contribution in [-0.2, 0) is 11.3 Å². The minimum Gasteiger partial charge on any atom is -0.355 e. The molecule has 8 heteroatoms. The summed E-state index contributed by atoms with van der Waals surface area (Å²) in [6.07, 6.45) is 10.6. The molecule has 162 valence electrons. The van der Waals surface area contributed by atoms with E-state index >= 15 is 0 Å². The lowest BCUT2D eigenvalue weighted by Gasteiger charge is -2.17. The van der Waals surface area contributed by atoms with Crippen LogP contribution in [0, 0.1) is 0 Å². The zero-order valence-corrected chi connectivity index (χ0v) is 19.0. The molecule has 1 aliphatic carbocycles. The van der Waals surface area contributed by atoms with Crippen LogP contribution in [-0.4, -0.2) is 52.3 Å².